The van der Waals surface area contributed by atoms with Gasteiger partial charge in [0.15, 0.2) is 11.6 Å². The van der Waals surface area contributed by atoms with Crippen LogP contribution in [0.2, 0.25) is 0 Å². The molecular formula is C20H29N5. The van der Waals surface area contributed by atoms with E-state index in [4.69, 9.17) is 5.73 Å². The average molecular weight is 339 g/mol. The molecule has 134 valence electrons. The first-order chi connectivity index (χ1) is 12.2. The van der Waals surface area contributed by atoms with Crippen molar-refractivity contribution >= 4 is 23.0 Å². The second-order valence-electron chi connectivity index (χ2n) is 6.92. The minimum absolute atomic E-state index is 0.469. The molecular weight excluding hydrogens is 310 g/mol. The van der Waals surface area contributed by atoms with Crippen LogP contribution in [0, 0.1) is 0 Å². The van der Waals surface area contributed by atoms with E-state index in [0.717, 1.165) is 24.5 Å². The maximum atomic E-state index is 6.39. The summed E-state index contributed by atoms with van der Waals surface area (Å²) in [6.07, 6.45) is 8.83. The first-order valence-electron chi connectivity index (χ1n) is 9.42. The topological polar surface area (TPSA) is 67.1 Å². The first-order valence-corrected chi connectivity index (χ1v) is 9.42. The normalized spacial score (nSPS) is 17.5. The van der Waals surface area contributed by atoms with E-state index in [0.29, 0.717) is 17.5 Å². The summed E-state index contributed by atoms with van der Waals surface area (Å²) in [6.45, 7) is 5.46. The monoisotopic (exact) mass is 339 g/mol. The molecule has 1 atom stereocenters. The highest BCUT2D eigenvalue weighted by Crippen LogP contribution is 2.32. The van der Waals surface area contributed by atoms with Crippen molar-refractivity contribution in [3.05, 3.63) is 36.2 Å². The lowest BCUT2D eigenvalue weighted by molar-refractivity contribution is 0.481. The highest BCUT2D eigenvalue weighted by atomic mass is 15.2. The minimum Gasteiger partial charge on any atom is -0.393 e. The molecule has 0 aliphatic carbocycles. The fourth-order valence-electron chi connectivity index (χ4n) is 3.40. The van der Waals surface area contributed by atoms with Crippen molar-refractivity contribution in [2.45, 2.75) is 58.4 Å². The van der Waals surface area contributed by atoms with E-state index in [1.165, 1.54) is 37.7 Å². The summed E-state index contributed by atoms with van der Waals surface area (Å²) in [7, 11) is 0. The molecule has 3 rings (SSSR count). The maximum absolute atomic E-state index is 6.39. The van der Waals surface area contributed by atoms with Gasteiger partial charge in [0.25, 0.3) is 0 Å². The number of nitrogen functional groups attached to an aromatic ring is 1. The number of aromatic nitrogens is 2. The van der Waals surface area contributed by atoms with Crippen molar-refractivity contribution < 1.29 is 0 Å². The van der Waals surface area contributed by atoms with Gasteiger partial charge in [0, 0.05) is 18.3 Å². The predicted octanol–water partition coefficient (Wildman–Crippen LogP) is 4.52. The van der Waals surface area contributed by atoms with Crippen LogP contribution in [0.1, 0.15) is 51.5 Å². The zero-order chi connectivity index (χ0) is 17.6. The van der Waals surface area contributed by atoms with Crippen LogP contribution in [0.5, 0.6) is 0 Å². The number of nitrogens with zero attached hydrogens (tertiary/aromatic N) is 3. The Balaban J connectivity index is 1.75. The van der Waals surface area contributed by atoms with Crippen molar-refractivity contribution in [1.82, 2.24) is 9.97 Å². The van der Waals surface area contributed by atoms with E-state index in [1.54, 1.807) is 6.33 Å². The van der Waals surface area contributed by atoms with Gasteiger partial charge in [0.1, 0.15) is 12.0 Å². The number of rotatable bonds is 6. The van der Waals surface area contributed by atoms with Crippen molar-refractivity contribution in [2.75, 3.05) is 22.5 Å². The second kappa shape index (κ2) is 8.19. The van der Waals surface area contributed by atoms with E-state index >= 15 is 0 Å². The summed E-state index contributed by atoms with van der Waals surface area (Å²) < 4.78 is 0. The quantitative estimate of drug-likeness (QED) is 0.809. The molecule has 0 bridgehead atoms. The Kier molecular flexibility index (Phi) is 5.74. The number of unbranched alkanes of at least 4 members (excludes halogenated alkanes) is 1. The lowest BCUT2D eigenvalue weighted by atomic mass is 10.0. The third kappa shape index (κ3) is 4.21. The van der Waals surface area contributed by atoms with Crippen LogP contribution in [-0.4, -0.2) is 22.6 Å². The molecule has 1 aliphatic rings. The van der Waals surface area contributed by atoms with E-state index < -0.39 is 0 Å². The molecule has 5 nitrogen and oxygen atoms in total. The molecule has 1 fully saturated rings. The molecule has 2 heterocycles. The molecule has 5 heteroatoms. The zero-order valence-corrected chi connectivity index (χ0v) is 15.3. The van der Waals surface area contributed by atoms with Gasteiger partial charge in [-0.15, -0.1) is 0 Å². The highest BCUT2D eigenvalue weighted by molar-refractivity contribution is 5.78. The van der Waals surface area contributed by atoms with Gasteiger partial charge in [-0.2, -0.15) is 0 Å². The number of benzene rings is 1. The van der Waals surface area contributed by atoms with E-state index in [2.05, 4.69) is 58.3 Å². The van der Waals surface area contributed by atoms with Crippen LogP contribution in [0.4, 0.5) is 23.0 Å². The van der Waals surface area contributed by atoms with Crippen molar-refractivity contribution in [3.63, 3.8) is 0 Å². The lowest BCUT2D eigenvalue weighted by Gasteiger charge is -2.35. The average Bonchev–Trinajstić information content (AvgIpc) is 2.64. The summed E-state index contributed by atoms with van der Waals surface area (Å²) in [5.41, 5.74) is 9.39. The summed E-state index contributed by atoms with van der Waals surface area (Å²) in [6, 6.07) is 8.99. The molecule has 1 saturated heterocycles. The van der Waals surface area contributed by atoms with Gasteiger partial charge in [0.2, 0.25) is 0 Å². The SMILES string of the molecule is CCCCc1ccc(Nc2ncnc(N3CCCCC3C)c2N)cc1. The van der Waals surface area contributed by atoms with Gasteiger partial charge < -0.3 is 16.0 Å². The second-order valence-corrected chi connectivity index (χ2v) is 6.92. The number of nitrogens with two attached hydrogens (primary N) is 1. The summed E-state index contributed by atoms with van der Waals surface area (Å²) in [5, 5.41) is 3.35. The molecule has 1 aromatic carbocycles. The van der Waals surface area contributed by atoms with Gasteiger partial charge in [-0.25, -0.2) is 9.97 Å². The number of piperidine rings is 1. The van der Waals surface area contributed by atoms with Gasteiger partial charge in [-0.3, -0.25) is 0 Å². The molecule has 0 saturated carbocycles. The molecule has 2 aromatic rings. The lowest BCUT2D eigenvalue weighted by Crippen LogP contribution is -2.38. The largest absolute Gasteiger partial charge is 0.393 e. The van der Waals surface area contributed by atoms with Crippen molar-refractivity contribution in [2.24, 2.45) is 0 Å². The van der Waals surface area contributed by atoms with Crippen LogP contribution in [0.15, 0.2) is 30.6 Å². The van der Waals surface area contributed by atoms with Crippen LogP contribution in [0.25, 0.3) is 0 Å². The fourth-order valence-corrected chi connectivity index (χ4v) is 3.40. The number of anilines is 4. The number of hydrogen-bond acceptors (Lipinski definition) is 5. The molecule has 1 aliphatic heterocycles. The first kappa shape index (κ1) is 17.5. The maximum Gasteiger partial charge on any atom is 0.159 e. The van der Waals surface area contributed by atoms with Crippen LogP contribution in [0.3, 0.4) is 0 Å². The zero-order valence-electron chi connectivity index (χ0n) is 15.3. The van der Waals surface area contributed by atoms with Gasteiger partial charge >= 0.3 is 0 Å². The number of nitrogens with one attached hydrogen (secondary N) is 1. The van der Waals surface area contributed by atoms with Crippen molar-refractivity contribution in [1.29, 1.82) is 0 Å². The predicted molar refractivity (Wildman–Crippen MR) is 105 cm³/mol. The van der Waals surface area contributed by atoms with Gasteiger partial charge in [0.05, 0.1) is 0 Å². The molecule has 0 amide bonds. The molecule has 0 spiro atoms. The summed E-state index contributed by atoms with van der Waals surface area (Å²) >= 11 is 0. The van der Waals surface area contributed by atoms with Crippen LogP contribution < -0.4 is 16.0 Å². The van der Waals surface area contributed by atoms with Crippen molar-refractivity contribution in [3.8, 4) is 0 Å². The van der Waals surface area contributed by atoms with Gasteiger partial charge in [-0.1, -0.05) is 25.5 Å². The Hall–Kier alpha value is -2.30. The third-order valence-electron chi connectivity index (χ3n) is 4.97. The fraction of sp³-hybridized carbons (Fsp3) is 0.500. The summed E-state index contributed by atoms with van der Waals surface area (Å²) in [4.78, 5) is 11.1. The molecule has 1 unspecified atom stereocenters. The molecule has 25 heavy (non-hydrogen) atoms. The summed E-state index contributed by atoms with van der Waals surface area (Å²) in [5.74, 6) is 1.54. The Labute approximate surface area is 150 Å². The number of hydrogen-bond donors (Lipinski definition) is 2. The smallest absolute Gasteiger partial charge is 0.159 e. The highest BCUT2D eigenvalue weighted by Gasteiger charge is 2.23. The Bertz CT molecular complexity index is 683. The van der Waals surface area contributed by atoms with Crippen LogP contribution >= 0.6 is 0 Å². The molecule has 1 aromatic heterocycles. The van der Waals surface area contributed by atoms with Gasteiger partial charge in [-0.05, 0) is 56.7 Å². The minimum atomic E-state index is 0.469. The Morgan fingerprint density at radius 1 is 1.20 bits per heavy atom. The van der Waals surface area contributed by atoms with E-state index in [-0.39, 0.29) is 0 Å². The Morgan fingerprint density at radius 2 is 2.00 bits per heavy atom. The van der Waals surface area contributed by atoms with E-state index in [9.17, 15) is 0 Å². The third-order valence-corrected chi connectivity index (χ3v) is 4.97. The number of aryl methyl sites for hydroxylation is 1. The van der Waals surface area contributed by atoms with Crippen LogP contribution in [-0.2, 0) is 6.42 Å². The van der Waals surface area contributed by atoms with E-state index in [1.807, 2.05) is 0 Å². The molecule has 3 N–H and O–H groups in total. The standard InChI is InChI=1S/C20H29N5/c1-3-4-8-16-9-11-17(12-10-16)24-19-18(21)20(23-14-22-19)25-13-6-5-7-15(25)2/h9-12,14-15H,3-8,13,21H2,1-2H3,(H,22,23,24). The molecule has 0 radical (unpaired) electrons. The Morgan fingerprint density at radius 3 is 2.72 bits per heavy atom.